The van der Waals surface area contributed by atoms with Crippen molar-refractivity contribution in [1.82, 2.24) is 14.9 Å². The van der Waals surface area contributed by atoms with Crippen molar-refractivity contribution in [3.8, 4) is 0 Å². The summed E-state index contributed by atoms with van der Waals surface area (Å²) in [6, 6.07) is 13.2. The number of rotatable bonds is 9. The summed E-state index contributed by atoms with van der Waals surface area (Å²) in [5, 5.41) is 7.23. The van der Waals surface area contributed by atoms with Crippen LogP contribution in [0.1, 0.15) is 34.7 Å². The lowest BCUT2D eigenvalue weighted by Gasteiger charge is -2.28. The fraction of sp³-hybridized carbons (Fsp3) is 0.346. The van der Waals surface area contributed by atoms with Crippen molar-refractivity contribution in [2.24, 2.45) is 0 Å². The van der Waals surface area contributed by atoms with E-state index in [0.717, 1.165) is 34.9 Å². The molecule has 2 N–H and O–H groups in total. The third-order valence-electron chi connectivity index (χ3n) is 6.33. The molecule has 1 aromatic carbocycles. The Morgan fingerprint density at radius 2 is 2.00 bits per heavy atom. The third kappa shape index (κ3) is 5.24. The Bertz CT molecular complexity index is 1250. The number of thiocarbonyl (C=S) groups is 1. The third-order valence-corrected chi connectivity index (χ3v) is 6.96. The molecule has 0 spiro atoms. The number of halogens is 1. The smallest absolute Gasteiger partial charge is 0.250 e. The minimum absolute atomic E-state index is 0.0509. The van der Waals surface area contributed by atoms with Gasteiger partial charge in [-0.1, -0.05) is 17.7 Å². The molecule has 36 heavy (non-hydrogen) atoms. The van der Waals surface area contributed by atoms with E-state index >= 15 is 0 Å². The Kier molecular flexibility index (Phi) is 8.25. The molecule has 0 unspecified atom stereocenters. The zero-order chi connectivity index (χ0) is 25.8. The van der Waals surface area contributed by atoms with Crippen molar-refractivity contribution in [2.45, 2.75) is 32.5 Å². The molecule has 3 aromatic rings. The maximum absolute atomic E-state index is 12.0. The van der Waals surface area contributed by atoms with E-state index in [1.54, 1.807) is 19.4 Å². The number of benzene rings is 1. The van der Waals surface area contributed by atoms with Crippen LogP contribution in [0.2, 0.25) is 5.02 Å². The fourth-order valence-corrected chi connectivity index (χ4v) is 5.24. The molecule has 1 aliphatic rings. The highest BCUT2D eigenvalue weighted by atomic mass is 35.5. The van der Waals surface area contributed by atoms with E-state index in [0.29, 0.717) is 22.4 Å². The number of anilines is 2. The van der Waals surface area contributed by atoms with Crippen LogP contribution < -0.4 is 15.5 Å². The fourth-order valence-electron chi connectivity index (χ4n) is 4.68. The van der Waals surface area contributed by atoms with Crippen molar-refractivity contribution in [1.29, 1.82) is 0 Å². The van der Waals surface area contributed by atoms with Crippen LogP contribution >= 0.6 is 23.8 Å². The standard InChI is InChI=1S/C26H30ClN5O3S/c1-16-13-19(17(2)31(16)11-12-34-3)25-24(22-7-5-6-10-28-22)30-26(36)32(25)18-8-9-21(20(27)14-18)29-23(33)15-35-4/h5-10,13-14,24-25H,11-12,15H2,1-4H3,(H,29,33)(H,30,36)/t24-,25-/m0/s1. The van der Waals surface area contributed by atoms with Gasteiger partial charge < -0.3 is 29.6 Å². The molecule has 2 aromatic heterocycles. The second-order valence-corrected chi connectivity index (χ2v) is 9.41. The highest BCUT2D eigenvalue weighted by molar-refractivity contribution is 7.80. The summed E-state index contributed by atoms with van der Waals surface area (Å²) in [5.74, 6) is -0.276. The van der Waals surface area contributed by atoms with Gasteiger partial charge in [-0.05, 0) is 68.0 Å². The van der Waals surface area contributed by atoms with E-state index in [9.17, 15) is 4.79 Å². The monoisotopic (exact) mass is 527 g/mol. The van der Waals surface area contributed by atoms with Gasteiger partial charge in [0.25, 0.3) is 0 Å². The van der Waals surface area contributed by atoms with Crippen molar-refractivity contribution in [3.63, 3.8) is 0 Å². The summed E-state index contributed by atoms with van der Waals surface area (Å²) < 4.78 is 12.5. The number of nitrogens with one attached hydrogen (secondary N) is 2. The van der Waals surface area contributed by atoms with Crippen LogP contribution in [-0.4, -0.2) is 48.0 Å². The van der Waals surface area contributed by atoms with Gasteiger partial charge in [-0.3, -0.25) is 9.78 Å². The van der Waals surface area contributed by atoms with Crippen molar-refractivity contribution < 1.29 is 14.3 Å². The lowest BCUT2D eigenvalue weighted by atomic mass is 9.96. The second kappa shape index (κ2) is 11.4. The Morgan fingerprint density at radius 1 is 1.19 bits per heavy atom. The average molecular weight is 528 g/mol. The minimum Gasteiger partial charge on any atom is -0.383 e. The lowest BCUT2D eigenvalue weighted by Crippen LogP contribution is -2.29. The summed E-state index contributed by atoms with van der Waals surface area (Å²) in [6.07, 6.45) is 1.79. The van der Waals surface area contributed by atoms with Gasteiger partial charge in [0.1, 0.15) is 6.61 Å². The largest absolute Gasteiger partial charge is 0.383 e. The van der Waals surface area contributed by atoms with Crippen LogP contribution in [0.25, 0.3) is 0 Å². The molecule has 8 nitrogen and oxygen atoms in total. The number of methoxy groups -OCH3 is 2. The van der Waals surface area contributed by atoms with E-state index in [1.807, 2.05) is 30.3 Å². The summed E-state index contributed by atoms with van der Waals surface area (Å²) >= 11 is 12.4. The molecule has 1 fully saturated rings. The van der Waals surface area contributed by atoms with E-state index < -0.39 is 0 Å². The summed E-state index contributed by atoms with van der Waals surface area (Å²) in [4.78, 5) is 18.7. The molecule has 2 atom stereocenters. The predicted molar refractivity (Wildman–Crippen MR) is 146 cm³/mol. The van der Waals surface area contributed by atoms with Crippen LogP contribution in [0.5, 0.6) is 0 Å². The minimum atomic E-state index is -0.276. The maximum atomic E-state index is 12.0. The van der Waals surface area contributed by atoms with Crippen LogP contribution in [0.4, 0.5) is 11.4 Å². The number of aromatic nitrogens is 2. The first-order valence-corrected chi connectivity index (χ1v) is 12.4. The first-order valence-electron chi connectivity index (χ1n) is 11.6. The highest BCUT2D eigenvalue weighted by Gasteiger charge is 2.42. The zero-order valence-electron chi connectivity index (χ0n) is 20.7. The van der Waals surface area contributed by atoms with Gasteiger partial charge in [-0.2, -0.15) is 0 Å². The molecule has 10 heteroatoms. The topological polar surface area (TPSA) is 80.7 Å². The normalized spacial score (nSPS) is 17.4. The van der Waals surface area contributed by atoms with E-state index in [4.69, 9.17) is 33.3 Å². The molecule has 190 valence electrons. The predicted octanol–water partition coefficient (Wildman–Crippen LogP) is 4.56. The van der Waals surface area contributed by atoms with Crippen LogP contribution in [0, 0.1) is 13.8 Å². The number of nitrogens with zero attached hydrogens (tertiary/aromatic N) is 3. The van der Waals surface area contributed by atoms with Gasteiger partial charge in [0.05, 0.1) is 35.1 Å². The molecule has 4 rings (SSSR count). The Labute approximate surface area is 221 Å². The number of carbonyl (C=O) groups excluding carboxylic acids is 1. The molecule has 0 aliphatic carbocycles. The number of aryl methyl sites for hydroxylation is 1. The van der Waals surface area contributed by atoms with Crippen molar-refractivity contribution in [3.05, 3.63) is 76.3 Å². The quantitative estimate of drug-likeness (QED) is 0.395. The number of pyridine rings is 1. The molecular formula is C26H30ClN5O3S. The molecule has 1 saturated heterocycles. The first-order chi connectivity index (χ1) is 17.3. The van der Waals surface area contributed by atoms with Gasteiger partial charge in [-0.25, -0.2) is 0 Å². The Balaban J connectivity index is 1.77. The van der Waals surface area contributed by atoms with Gasteiger partial charge in [-0.15, -0.1) is 0 Å². The molecule has 0 bridgehead atoms. The van der Waals surface area contributed by atoms with Crippen LogP contribution in [0.3, 0.4) is 0 Å². The average Bonchev–Trinajstić information content (AvgIpc) is 3.35. The number of carbonyl (C=O) groups is 1. The molecular weight excluding hydrogens is 498 g/mol. The molecule has 1 aliphatic heterocycles. The number of hydrogen-bond donors (Lipinski definition) is 2. The van der Waals surface area contributed by atoms with Crippen LogP contribution in [-0.2, 0) is 20.8 Å². The lowest BCUT2D eigenvalue weighted by molar-refractivity contribution is -0.119. The molecule has 3 heterocycles. The second-order valence-electron chi connectivity index (χ2n) is 8.61. The van der Waals surface area contributed by atoms with E-state index in [-0.39, 0.29) is 24.6 Å². The molecule has 0 saturated carbocycles. The van der Waals surface area contributed by atoms with E-state index in [1.165, 1.54) is 7.11 Å². The number of amides is 1. The van der Waals surface area contributed by atoms with Gasteiger partial charge in [0.15, 0.2) is 5.11 Å². The SMILES string of the molecule is COCCn1c(C)cc([C@H]2[C@H](c3ccccn3)NC(=S)N2c2ccc(NC(=O)COC)c(Cl)c2)c1C. The molecule has 0 radical (unpaired) electrons. The summed E-state index contributed by atoms with van der Waals surface area (Å²) in [5.41, 5.74) is 5.64. The number of hydrogen-bond acceptors (Lipinski definition) is 5. The number of ether oxygens (including phenoxy) is 2. The summed E-state index contributed by atoms with van der Waals surface area (Å²) in [7, 11) is 3.17. The summed E-state index contributed by atoms with van der Waals surface area (Å²) in [6.45, 7) is 5.55. The maximum Gasteiger partial charge on any atom is 0.250 e. The first kappa shape index (κ1) is 26.1. The van der Waals surface area contributed by atoms with Crippen molar-refractivity contribution in [2.75, 3.05) is 37.7 Å². The molecule has 1 amide bonds. The highest BCUT2D eigenvalue weighted by Crippen LogP contribution is 2.44. The van der Waals surface area contributed by atoms with Gasteiger partial charge >= 0.3 is 0 Å². The zero-order valence-corrected chi connectivity index (χ0v) is 22.3. The van der Waals surface area contributed by atoms with Crippen molar-refractivity contribution >= 4 is 46.2 Å². The Hall–Kier alpha value is -2.98. The van der Waals surface area contributed by atoms with E-state index in [2.05, 4.69) is 45.0 Å². The van der Waals surface area contributed by atoms with Crippen LogP contribution in [0.15, 0.2) is 48.7 Å². The van der Waals surface area contributed by atoms with Gasteiger partial charge in [0, 0.05) is 44.0 Å². The Morgan fingerprint density at radius 3 is 2.67 bits per heavy atom. The van der Waals surface area contributed by atoms with Gasteiger partial charge in [0.2, 0.25) is 5.91 Å².